The molecule has 4 rings (SSSR count). The van der Waals surface area contributed by atoms with Crippen molar-refractivity contribution in [1.29, 1.82) is 0 Å². The normalized spacial score (nSPS) is 21.9. The number of carbonyl (C=O) groups is 1. The van der Waals surface area contributed by atoms with Gasteiger partial charge in [-0.15, -0.1) is 10.2 Å². The van der Waals surface area contributed by atoms with Crippen LogP contribution in [-0.4, -0.2) is 27.3 Å². The molecule has 1 aliphatic carbocycles. The molecule has 2 aliphatic rings. The quantitative estimate of drug-likeness (QED) is 0.879. The minimum atomic E-state index is -0.121. The second kappa shape index (κ2) is 7.25. The highest BCUT2D eigenvalue weighted by atomic mass is 16.2. The van der Waals surface area contributed by atoms with E-state index < -0.39 is 0 Å². The first-order valence-electron chi connectivity index (χ1n) is 9.29. The van der Waals surface area contributed by atoms with Crippen molar-refractivity contribution in [3.63, 3.8) is 0 Å². The molecule has 2 amide bonds. The number of aryl methyl sites for hydroxylation is 1. The fourth-order valence-electron chi connectivity index (χ4n) is 3.70. The van der Waals surface area contributed by atoms with Crippen LogP contribution in [0.5, 0.6) is 0 Å². The third-order valence-electron chi connectivity index (χ3n) is 5.27. The van der Waals surface area contributed by atoms with E-state index in [0.29, 0.717) is 18.4 Å². The van der Waals surface area contributed by atoms with Crippen LogP contribution in [0.1, 0.15) is 48.8 Å². The Morgan fingerprint density at radius 2 is 2.00 bits per heavy atom. The van der Waals surface area contributed by atoms with Crippen LogP contribution >= 0.6 is 0 Å². The zero-order chi connectivity index (χ0) is 17.1. The number of aromatic nitrogens is 3. The van der Waals surface area contributed by atoms with Gasteiger partial charge in [0.15, 0.2) is 5.82 Å². The van der Waals surface area contributed by atoms with Gasteiger partial charge in [0, 0.05) is 19.5 Å². The molecule has 1 aromatic heterocycles. The summed E-state index contributed by atoms with van der Waals surface area (Å²) in [6.45, 7) is 2.12. The molecule has 2 atom stereocenters. The molecule has 0 saturated heterocycles. The molecule has 132 valence electrons. The van der Waals surface area contributed by atoms with Crippen molar-refractivity contribution < 1.29 is 4.79 Å². The van der Waals surface area contributed by atoms with Gasteiger partial charge in [-0.25, -0.2) is 4.79 Å². The van der Waals surface area contributed by atoms with Gasteiger partial charge >= 0.3 is 6.03 Å². The highest BCUT2D eigenvalue weighted by Gasteiger charge is 2.37. The SMILES string of the molecule is O=C(NCc1nnc2n1CCCCC2)NC[C@H]1C[C@H]1c1ccccc1. The summed E-state index contributed by atoms with van der Waals surface area (Å²) in [5.41, 5.74) is 1.38. The average molecular weight is 339 g/mol. The molecular weight excluding hydrogens is 314 g/mol. The Hall–Kier alpha value is -2.37. The van der Waals surface area contributed by atoms with Gasteiger partial charge in [-0.05, 0) is 36.7 Å². The van der Waals surface area contributed by atoms with Gasteiger partial charge in [0.05, 0.1) is 6.54 Å². The maximum Gasteiger partial charge on any atom is 0.315 e. The van der Waals surface area contributed by atoms with Crippen LogP contribution in [0, 0.1) is 5.92 Å². The monoisotopic (exact) mass is 339 g/mol. The van der Waals surface area contributed by atoms with Gasteiger partial charge in [-0.2, -0.15) is 0 Å². The molecule has 0 radical (unpaired) electrons. The number of nitrogens with zero attached hydrogens (tertiary/aromatic N) is 3. The van der Waals surface area contributed by atoms with E-state index in [1.165, 1.54) is 18.4 Å². The third kappa shape index (κ3) is 3.83. The highest BCUT2D eigenvalue weighted by molar-refractivity contribution is 5.73. The Morgan fingerprint density at radius 3 is 2.88 bits per heavy atom. The van der Waals surface area contributed by atoms with Crippen molar-refractivity contribution in [2.24, 2.45) is 5.92 Å². The third-order valence-corrected chi connectivity index (χ3v) is 5.27. The number of amides is 2. The molecule has 1 fully saturated rings. The maximum absolute atomic E-state index is 12.1. The van der Waals surface area contributed by atoms with Crippen LogP contribution in [-0.2, 0) is 19.5 Å². The fraction of sp³-hybridized carbons (Fsp3) is 0.526. The molecule has 25 heavy (non-hydrogen) atoms. The topological polar surface area (TPSA) is 71.8 Å². The molecule has 1 aliphatic heterocycles. The minimum Gasteiger partial charge on any atom is -0.338 e. The van der Waals surface area contributed by atoms with Gasteiger partial charge in [0.1, 0.15) is 5.82 Å². The van der Waals surface area contributed by atoms with E-state index in [2.05, 4.69) is 49.7 Å². The lowest BCUT2D eigenvalue weighted by molar-refractivity contribution is 0.239. The largest absolute Gasteiger partial charge is 0.338 e. The van der Waals surface area contributed by atoms with E-state index in [0.717, 1.165) is 44.0 Å². The van der Waals surface area contributed by atoms with Crippen LogP contribution in [0.15, 0.2) is 30.3 Å². The molecule has 0 bridgehead atoms. The molecule has 0 unspecified atom stereocenters. The van der Waals surface area contributed by atoms with E-state index >= 15 is 0 Å². The average Bonchev–Trinajstić information content (AvgIpc) is 3.38. The molecule has 0 spiro atoms. The predicted octanol–water partition coefficient (Wildman–Crippen LogP) is 2.61. The Bertz CT molecular complexity index is 727. The molecule has 2 aromatic rings. The summed E-state index contributed by atoms with van der Waals surface area (Å²) in [6.07, 6.45) is 5.72. The lowest BCUT2D eigenvalue weighted by Crippen LogP contribution is -2.37. The van der Waals surface area contributed by atoms with Gasteiger partial charge in [0.2, 0.25) is 0 Å². The Kier molecular flexibility index (Phi) is 4.68. The Labute approximate surface area is 148 Å². The summed E-state index contributed by atoms with van der Waals surface area (Å²) >= 11 is 0. The van der Waals surface area contributed by atoms with E-state index in [1.807, 2.05) is 6.07 Å². The van der Waals surface area contributed by atoms with Crippen LogP contribution < -0.4 is 10.6 Å². The molecule has 6 heteroatoms. The van der Waals surface area contributed by atoms with E-state index in [-0.39, 0.29) is 6.03 Å². The van der Waals surface area contributed by atoms with Crippen molar-refractivity contribution in [3.8, 4) is 0 Å². The number of nitrogens with one attached hydrogen (secondary N) is 2. The van der Waals surface area contributed by atoms with Gasteiger partial charge < -0.3 is 15.2 Å². The molecule has 1 aromatic carbocycles. The first-order chi connectivity index (χ1) is 12.3. The number of rotatable bonds is 5. The van der Waals surface area contributed by atoms with Crippen molar-refractivity contribution >= 4 is 6.03 Å². The summed E-state index contributed by atoms with van der Waals surface area (Å²) in [5.74, 6) is 3.06. The zero-order valence-corrected chi connectivity index (χ0v) is 14.4. The van der Waals surface area contributed by atoms with Gasteiger partial charge in [-0.1, -0.05) is 36.8 Å². The summed E-state index contributed by atoms with van der Waals surface area (Å²) < 4.78 is 2.17. The Balaban J connectivity index is 1.22. The first kappa shape index (κ1) is 16.1. The summed E-state index contributed by atoms with van der Waals surface area (Å²) in [4.78, 5) is 12.1. The van der Waals surface area contributed by atoms with Crippen molar-refractivity contribution in [2.75, 3.05) is 6.54 Å². The zero-order valence-electron chi connectivity index (χ0n) is 14.4. The molecule has 6 nitrogen and oxygen atoms in total. The fourth-order valence-corrected chi connectivity index (χ4v) is 3.70. The maximum atomic E-state index is 12.1. The minimum absolute atomic E-state index is 0.121. The second-order valence-corrected chi connectivity index (χ2v) is 7.07. The standard InChI is InChI=1S/C19H25N5O/c25-19(20-12-15-11-16(15)14-7-3-1-4-8-14)21-13-18-23-22-17-9-5-2-6-10-24(17)18/h1,3-4,7-8,15-16H,2,5-6,9-13H2,(H2,20,21,25)/t15-,16+/m1/s1. The van der Waals surface area contributed by atoms with Crippen LogP contribution in [0.3, 0.4) is 0 Å². The molecule has 2 N–H and O–H groups in total. The van der Waals surface area contributed by atoms with Crippen molar-refractivity contribution in [3.05, 3.63) is 47.5 Å². The van der Waals surface area contributed by atoms with Crippen LogP contribution in [0.25, 0.3) is 0 Å². The van der Waals surface area contributed by atoms with Crippen LogP contribution in [0.2, 0.25) is 0 Å². The lowest BCUT2D eigenvalue weighted by atomic mass is 10.1. The lowest BCUT2D eigenvalue weighted by Gasteiger charge is -2.09. The summed E-state index contributed by atoms with van der Waals surface area (Å²) in [7, 11) is 0. The van der Waals surface area contributed by atoms with E-state index in [9.17, 15) is 4.79 Å². The summed E-state index contributed by atoms with van der Waals surface area (Å²) in [6, 6.07) is 10.4. The van der Waals surface area contributed by atoms with E-state index in [4.69, 9.17) is 0 Å². The number of fused-ring (bicyclic) bond motifs is 1. The molecule has 1 saturated carbocycles. The van der Waals surface area contributed by atoms with Gasteiger partial charge in [-0.3, -0.25) is 0 Å². The predicted molar refractivity (Wildman–Crippen MR) is 95.1 cm³/mol. The smallest absolute Gasteiger partial charge is 0.315 e. The number of carbonyl (C=O) groups excluding carboxylic acids is 1. The Morgan fingerprint density at radius 1 is 1.12 bits per heavy atom. The number of benzene rings is 1. The number of urea groups is 1. The summed E-state index contributed by atoms with van der Waals surface area (Å²) in [5, 5.41) is 14.4. The first-order valence-corrected chi connectivity index (χ1v) is 9.29. The molecule has 2 heterocycles. The van der Waals surface area contributed by atoms with Crippen molar-refractivity contribution in [2.45, 2.75) is 51.1 Å². The number of hydrogen-bond donors (Lipinski definition) is 2. The van der Waals surface area contributed by atoms with E-state index in [1.54, 1.807) is 0 Å². The number of hydrogen-bond acceptors (Lipinski definition) is 3. The van der Waals surface area contributed by atoms with Gasteiger partial charge in [0.25, 0.3) is 0 Å². The highest BCUT2D eigenvalue weighted by Crippen LogP contribution is 2.46. The molecular formula is C19H25N5O. The van der Waals surface area contributed by atoms with Crippen molar-refractivity contribution in [1.82, 2.24) is 25.4 Å². The second-order valence-electron chi connectivity index (χ2n) is 7.07. The van der Waals surface area contributed by atoms with Crippen LogP contribution in [0.4, 0.5) is 4.79 Å².